The van der Waals surface area contributed by atoms with Crippen molar-refractivity contribution in [2.75, 3.05) is 20.6 Å². The average molecular weight is 491 g/mol. The van der Waals surface area contributed by atoms with Gasteiger partial charge in [-0.05, 0) is 58.9 Å². The molecule has 2 atom stereocenters. The van der Waals surface area contributed by atoms with Crippen LogP contribution in [-0.4, -0.2) is 25.1 Å². The molecule has 2 aromatic carbocycles. The molecule has 28 heavy (non-hydrogen) atoms. The molecule has 0 N–H and O–H groups in total. The first kappa shape index (κ1) is 21.5. The summed E-state index contributed by atoms with van der Waals surface area (Å²) < 4.78 is 14.4. The Morgan fingerprint density at radius 2 is 1.71 bits per heavy atom. The Balaban J connectivity index is 0.00000225. The van der Waals surface area contributed by atoms with Crippen molar-refractivity contribution in [2.45, 2.75) is 33.2 Å². The first-order valence-corrected chi connectivity index (χ1v) is 10.1. The van der Waals surface area contributed by atoms with Gasteiger partial charge in [-0.2, -0.15) is 0 Å². The van der Waals surface area contributed by atoms with Gasteiger partial charge in [0, 0.05) is 5.56 Å². The zero-order chi connectivity index (χ0) is 19.2. The molecular weight excluding hydrogens is 460 g/mol. The minimum Gasteiger partial charge on any atom is -1.00 e. The number of quaternary nitrogens is 1. The van der Waals surface area contributed by atoms with E-state index in [1.165, 1.54) is 24.5 Å². The maximum Gasteiger partial charge on any atom is 0.123 e. The van der Waals surface area contributed by atoms with Gasteiger partial charge in [0.1, 0.15) is 18.9 Å². The van der Waals surface area contributed by atoms with Crippen molar-refractivity contribution < 1.29 is 32.9 Å². The van der Waals surface area contributed by atoms with Crippen LogP contribution in [0.2, 0.25) is 0 Å². The molecule has 2 bridgehead atoms. The molecule has 1 fully saturated rings. The molecular formula is C25H31FIN. The average Bonchev–Trinajstić information content (AvgIpc) is 2.61. The zero-order valence-corrected chi connectivity index (χ0v) is 19.5. The predicted octanol–water partition coefficient (Wildman–Crippen LogP) is 3.07. The Bertz CT molecular complexity index is 866. The van der Waals surface area contributed by atoms with E-state index in [2.05, 4.69) is 58.3 Å². The third kappa shape index (κ3) is 4.20. The molecule has 3 aliphatic rings. The van der Waals surface area contributed by atoms with Gasteiger partial charge >= 0.3 is 0 Å². The molecule has 0 saturated heterocycles. The van der Waals surface area contributed by atoms with E-state index in [1.54, 1.807) is 17.7 Å². The van der Waals surface area contributed by atoms with E-state index < -0.39 is 0 Å². The minimum absolute atomic E-state index is 0. The van der Waals surface area contributed by atoms with E-state index in [1.807, 2.05) is 6.07 Å². The van der Waals surface area contributed by atoms with Crippen molar-refractivity contribution in [1.29, 1.82) is 0 Å². The molecule has 150 valence electrons. The monoisotopic (exact) mass is 491 g/mol. The molecule has 1 saturated carbocycles. The minimum atomic E-state index is -0.184. The Morgan fingerprint density at radius 1 is 1.00 bits per heavy atom. The number of allylic oxidation sites excluding steroid dienone is 1. The third-order valence-electron chi connectivity index (χ3n) is 6.92. The number of benzene rings is 2. The highest BCUT2D eigenvalue weighted by molar-refractivity contribution is 5.63. The summed E-state index contributed by atoms with van der Waals surface area (Å²) in [7, 11) is 4.66. The van der Waals surface area contributed by atoms with Crippen LogP contribution in [-0.2, 0) is 6.54 Å². The van der Waals surface area contributed by atoms with Gasteiger partial charge in [0.15, 0.2) is 0 Å². The maximum atomic E-state index is 13.5. The number of rotatable bonds is 5. The van der Waals surface area contributed by atoms with Gasteiger partial charge < -0.3 is 28.5 Å². The van der Waals surface area contributed by atoms with Crippen molar-refractivity contribution in [3.63, 3.8) is 0 Å². The van der Waals surface area contributed by atoms with Crippen LogP contribution in [0.25, 0.3) is 11.1 Å². The Labute approximate surface area is 186 Å². The second kappa shape index (κ2) is 7.91. The van der Waals surface area contributed by atoms with Crippen LogP contribution in [0.4, 0.5) is 4.39 Å². The summed E-state index contributed by atoms with van der Waals surface area (Å²) in [4.78, 5) is 0. The quantitative estimate of drug-likeness (QED) is 0.343. The summed E-state index contributed by atoms with van der Waals surface area (Å²) in [6, 6.07) is 15.4. The molecule has 0 spiro atoms. The lowest BCUT2D eigenvalue weighted by Crippen LogP contribution is -3.00. The second-order valence-electron chi connectivity index (χ2n) is 9.78. The van der Waals surface area contributed by atoms with Crippen molar-refractivity contribution >= 4 is 0 Å². The smallest absolute Gasteiger partial charge is 0.123 e. The SMILES string of the molecule is CC1(C)[C@H]2CC=C(C[N+](C)(C)Cc3ccc(-c4cccc(F)c4)cc3)[C@@H]1C2.[I-]. The van der Waals surface area contributed by atoms with Crippen LogP contribution in [0.5, 0.6) is 0 Å². The molecule has 0 radical (unpaired) electrons. The highest BCUT2D eigenvalue weighted by atomic mass is 127. The molecule has 0 aliphatic heterocycles. The van der Waals surface area contributed by atoms with Crippen LogP contribution in [0.1, 0.15) is 32.3 Å². The third-order valence-corrected chi connectivity index (χ3v) is 6.92. The topological polar surface area (TPSA) is 0 Å². The lowest BCUT2D eigenvalue weighted by Gasteiger charge is -2.57. The van der Waals surface area contributed by atoms with Crippen molar-refractivity contribution in [2.24, 2.45) is 17.3 Å². The summed E-state index contributed by atoms with van der Waals surface area (Å²) in [5.41, 5.74) is 5.51. The highest BCUT2D eigenvalue weighted by Gasteiger charge is 2.52. The zero-order valence-electron chi connectivity index (χ0n) is 17.4. The Kier molecular flexibility index (Phi) is 6.07. The molecule has 5 rings (SSSR count). The largest absolute Gasteiger partial charge is 1.00 e. The van der Waals surface area contributed by atoms with Crippen molar-refractivity contribution in [3.8, 4) is 11.1 Å². The fraction of sp³-hybridized carbons (Fsp3) is 0.440. The van der Waals surface area contributed by atoms with Crippen LogP contribution < -0.4 is 24.0 Å². The van der Waals surface area contributed by atoms with E-state index in [0.29, 0.717) is 5.41 Å². The summed E-state index contributed by atoms with van der Waals surface area (Å²) in [6.07, 6.45) is 5.18. The van der Waals surface area contributed by atoms with Gasteiger partial charge in [-0.1, -0.05) is 56.3 Å². The van der Waals surface area contributed by atoms with E-state index in [9.17, 15) is 4.39 Å². The molecule has 0 aromatic heterocycles. The standard InChI is InChI=1S/C25H31FN.HI/c1-25(2)22-13-12-21(24(25)15-22)17-27(3,4)16-18-8-10-19(11-9-18)20-6-5-7-23(26)14-20;/h5-12,14,22,24H,13,15-17H2,1-4H3;1H/q+1;/p-1/t22-,24-;/m0./s1. The van der Waals surface area contributed by atoms with Crippen LogP contribution in [0, 0.1) is 23.1 Å². The van der Waals surface area contributed by atoms with E-state index in [0.717, 1.165) is 40.5 Å². The van der Waals surface area contributed by atoms with Gasteiger partial charge in [0.2, 0.25) is 0 Å². The van der Waals surface area contributed by atoms with E-state index >= 15 is 0 Å². The highest BCUT2D eigenvalue weighted by Crippen LogP contribution is 2.59. The molecule has 0 amide bonds. The molecule has 1 nitrogen and oxygen atoms in total. The molecule has 3 aliphatic carbocycles. The Morgan fingerprint density at radius 3 is 2.32 bits per heavy atom. The van der Waals surface area contributed by atoms with E-state index in [4.69, 9.17) is 0 Å². The Hall–Kier alpha value is -1.20. The molecule has 2 aromatic rings. The van der Waals surface area contributed by atoms with Crippen LogP contribution in [0.3, 0.4) is 0 Å². The maximum absolute atomic E-state index is 13.5. The summed E-state index contributed by atoms with van der Waals surface area (Å²) in [5.74, 6) is 1.50. The molecule has 0 unspecified atom stereocenters. The first-order chi connectivity index (χ1) is 12.7. The van der Waals surface area contributed by atoms with Crippen LogP contribution >= 0.6 is 0 Å². The first-order valence-electron chi connectivity index (χ1n) is 10.1. The summed E-state index contributed by atoms with van der Waals surface area (Å²) in [5, 5.41) is 0. The number of likely N-dealkylation sites (N-methyl/N-ethyl adjacent to an activating group) is 1. The lowest BCUT2D eigenvalue weighted by molar-refractivity contribution is -0.899. The van der Waals surface area contributed by atoms with Gasteiger partial charge in [-0.15, -0.1) is 0 Å². The van der Waals surface area contributed by atoms with Gasteiger partial charge in [0.25, 0.3) is 0 Å². The van der Waals surface area contributed by atoms with Crippen LogP contribution in [0.15, 0.2) is 60.2 Å². The normalized spacial score (nSPS) is 22.7. The number of fused-ring (bicyclic) bond motifs is 1. The summed E-state index contributed by atoms with van der Waals surface area (Å²) >= 11 is 0. The number of halogens is 2. The fourth-order valence-electron chi connectivity index (χ4n) is 5.17. The fourth-order valence-corrected chi connectivity index (χ4v) is 5.17. The van der Waals surface area contributed by atoms with Gasteiger partial charge in [-0.3, -0.25) is 0 Å². The second-order valence-corrected chi connectivity index (χ2v) is 9.78. The van der Waals surface area contributed by atoms with Crippen molar-refractivity contribution in [1.82, 2.24) is 0 Å². The summed E-state index contributed by atoms with van der Waals surface area (Å²) in [6.45, 7) is 7.04. The van der Waals surface area contributed by atoms with Gasteiger partial charge in [0.05, 0.1) is 14.1 Å². The number of hydrogen-bond donors (Lipinski definition) is 0. The number of nitrogens with zero attached hydrogens (tertiary/aromatic N) is 1. The van der Waals surface area contributed by atoms with E-state index in [-0.39, 0.29) is 29.8 Å². The van der Waals surface area contributed by atoms with Crippen molar-refractivity contribution in [3.05, 3.63) is 71.6 Å². The number of hydrogen-bond acceptors (Lipinski definition) is 0. The molecule has 3 heteroatoms. The molecule has 0 heterocycles. The predicted molar refractivity (Wildman–Crippen MR) is 111 cm³/mol. The van der Waals surface area contributed by atoms with Gasteiger partial charge in [-0.25, -0.2) is 4.39 Å². The lowest BCUT2D eigenvalue weighted by atomic mass is 9.49.